The Morgan fingerprint density at radius 3 is 2.46 bits per heavy atom. The second-order valence-corrected chi connectivity index (χ2v) is 10.0. The third kappa shape index (κ3) is 8.92. The summed E-state index contributed by atoms with van der Waals surface area (Å²) in [7, 11) is 0. The van der Waals surface area contributed by atoms with Crippen molar-refractivity contribution in [3.8, 4) is 0 Å². The van der Waals surface area contributed by atoms with Crippen molar-refractivity contribution < 1.29 is 14.3 Å². The maximum Gasteiger partial charge on any atom is 0.407 e. The van der Waals surface area contributed by atoms with Gasteiger partial charge in [-0.05, 0) is 82.9 Å². The lowest BCUT2D eigenvalue weighted by Crippen LogP contribution is -2.41. The van der Waals surface area contributed by atoms with Gasteiger partial charge in [0.05, 0.1) is 11.7 Å². The second-order valence-electron chi connectivity index (χ2n) is 10.0. The number of rotatable bonds is 7. The van der Waals surface area contributed by atoms with Crippen LogP contribution in [0.5, 0.6) is 0 Å². The highest BCUT2D eigenvalue weighted by Crippen LogP contribution is 2.20. The van der Waals surface area contributed by atoms with Gasteiger partial charge in [-0.25, -0.2) is 9.79 Å². The van der Waals surface area contributed by atoms with Crippen LogP contribution in [0.2, 0.25) is 0 Å². The highest BCUT2D eigenvalue weighted by Gasteiger charge is 2.29. The molecule has 1 atom stereocenters. The molecule has 188 valence electrons. The van der Waals surface area contributed by atoms with Crippen LogP contribution in [-0.2, 0) is 4.74 Å². The number of allylic oxidation sites excluding steroid dienone is 3. The number of nitrogens with one attached hydrogen (secondary N) is 1. The molecule has 1 aliphatic rings. The van der Waals surface area contributed by atoms with Crippen LogP contribution >= 0.6 is 0 Å². The fourth-order valence-corrected chi connectivity index (χ4v) is 3.61. The molecule has 1 aliphatic heterocycles. The molecule has 1 heterocycles. The van der Waals surface area contributed by atoms with E-state index >= 15 is 0 Å². The van der Waals surface area contributed by atoms with Crippen molar-refractivity contribution in [3.05, 3.63) is 77.5 Å². The van der Waals surface area contributed by atoms with Crippen molar-refractivity contribution in [1.82, 2.24) is 10.2 Å². The zero-order valence-corrected chi connectivity index (χ0v) is 21.8. The van der Waals surface area contributed by atoms with E-state index in [1.807, 2.05) is 65.8 Å². The maximum atomic E-state index is 13.1. The summed E-state index contributed by atoms with van der Waals surface area (Å²) >= 11 is 0. The third-order valence-electron chi connectivity index (χ3n) is 5.22. The summed E-state index contributed by atoms with van der Waals surface area (Å²) in [6.07, 6.45) is 3.86. The zero-order valence-electron chi connectivity index (χ0n) is 21.8. The molecule has 1 fully saturated rings. The first-order valence-corrected chi connectivity index (χ1v) is 11.7. The van der Waals surface area contributed by atoms with E-state index in [1.54, 1.807) is 17.0 Å². The highest BCUT2D eigenvalue weighted by atomic mass is 16.6. The van der Waals surface area contributed by atoms with Crippen LogP contribution < -0.4 is 11.1 Å². The predicted octanol–water partition coefficient (Wildman–Crippen LogP) is 5.22. The fraction of sp³-hybridized carbons (Fsp3) is 0.393. The number of likely N-dealkylation sites (tertiary alicyclic amines) is 1. The van der Waals surface area contributed by atoms with Crippen LogP contribution in [0.3, 0.4) is 0 Å². The number of nitrogens with two attached hydrogens (primary N) is 1. The van der Waals surface area contributed by atoms with Crippen LogP contribution in [0, 0.1) is 0 Å². The summed E-state index contributed by atoms with van der Waals surface area (Å²) in [5.74, 6) is 0.226. The second kappa shape index (κ2) is 11.7. The predicted molar refractivity (Wildman–Crippen MR) is 143 cm³/mol. The van der Waals surface area contributed by atoms with Gasteiger partial charge in [0.1, 0.15) is 11.4 Å². The molecule has 35 heavy (non-hydrogen) atoms. The van der Waals surface area contributed by atoms with E-state index in [1.165, 1.54) is 0 Å². The number of amides is 2. The highest BCUT2D eigenvalue weighted by molar-refractivity contribution is 6.00. The topological polar surface area (TPSA) is 97.0 Å². The number of hydrogen-bond acceptors (Lipinski definition) is 4. The Balaban J connectivity index is 2.07. The molecule has 0 radical (unpaired) electrons. The SMILES string of the molecule is C=C(C=C(C)C)C(=C)N=C(N)/C=C(\C)c1cccc(C(=O)N2CCC(NC(=O)OC(C)(C)C)C2)c1. The molecule has 0 spiro atoms. The standard InChI is InChI=1S/C28H38N4O3/c1-18(2)14-19(3)21(5)30-25(29)15-20(4)22-10-9-11-23(16-22)26(33)32-13-12-24(17-32)31-27(34)35-28(6,7)8/h9-11,14-16,24H,3,5,12-13,17H2,1-2,4,6-8H3,(H2,29,30)(H,31,34)/b20-15+. The Kier molecular flexibility index (Phi) is 9.23. The van der Waals surface area contributed by atoms with Gasteiger partial charge < -0.3 is 20.7 Å². The summed E-state index contributed by atoms with van der Waals surface area (Å²) < 4.78 is 5.31. The minimum atomic E-state index is -0.565. The molecule has 1 aromatic carbocycles. The van der Waals surface area contributed by atoms with Crippen molar-refractivity contribution in [2.45, 2.75) is 59.6 Å². The largest absolute Gasteiger partial charge is 0.444 e. The molecule has 7 heteroatoms. The Morgan fingerprint density at radius 2 is 1.83 bits per heavy atom. The summed E-state index contributed by atoms with van der Waals surface area (Å²) in [4.78, 5) is 31.2. The van der Waals surface area contributed by atoms with Crippen molar-refractivity contribution in [2.75, 3.05) is 13.1 Å². The number of ether oxygens (including phenoxy) is 1. The molecule has 7 nitrogen and oxygen atoms in total. The van der Waals surface area contributed by atoms with Crippen LogP contribution in [0.25, 0.3) is 5.57 Å². The number of carbonyl (C=O) groups excluding carboxylic acids is 2. The van der Waals surface area contributed by atoms with E-state index in [-0.39, 0.29) is 11.9 Å². The lowest BCUT2D eigenvalue weighted by molar-refractivity contribution is 0.0502. The average molecular weight is 479 g/mol. The maximum absolute atomic E-state index is 13.1. The van der Waals surface area contributed by atoms with Crippen LogP contribution in [0.1, 0.15) is 63.9 Å². The number of nitrogens with zero attached hydrogens (tertiary/aromatic N) is 2. The van der Waals surface area contributed by atoms with E-state index in [0.717, 1.165) is 16.7 Å². The fourth-order valence-electron chi connectivity index (χ4n) is 3.61. The molecule has 0 saturated carbocycles. The molecule has 1 aromatic rings. The molecule has 1 saturated heterocycles. The molecule has 0 bridgehead atoms. The third-order valence-corrected chi connectivity index (χ3v) is 5.22. The summed E-state index contributed by atoms with van der Waals surface area (Å²) in [5.41, 5.74) is 10.2. The molecule has 0 aliphatic carbocycles. The summed E-state index contributed by atoms with van der Waals surface area (Å²) in [6, 6.07) is 7.26. The first-order valence-electron chi connectivity index (χ1n) is 11.7. The van der Waals surface area contributed by atoms with Gasteiger partial charge in [0, 0.05) is 18.7 Å². The van der Waals surface area contributed by atoms with E-state index in [2.05, 4.69) is 23.5 Å². The quantitative estimate of drug-likeness (QED) is 0.319. The van der Waals surface area contributed by atoms with E-state index in [0.29, 0.717) is 42.2 Å². The lowest BCUT2D eigenvalue weighted by Gasteiger charge is -2.22. The van der Waals surface area contributed by atoms with Crippen molar-refractivity contribution in [3.63, 3.8) is 0 Å². The molecule has 2 amide bonds. The zero-order chi connectivity index (χ0) is 26.3. The van der Waals surface area contributed by atoms with Crippen LogP contribution in [-0.4, -0.2) is 47.5 Å². The number of carbonyl (C=O) groups is 2. The Bertz CT molecular complexity index is 1090. The Morgan fingerprint density at radius 1 is 1.17 bits per heavy atom. The number of alkyl carbamates (subject to hydrolysis) is 1. The van der Waals surface area contributed by atoms with Crippen molar-refractivity contribution in [2.24, 2.45) is 10.7 Å². The summed E-state index contributed by atoms with van der Waals surface area (Å²) in [6.45, 7) is 20.2. The molecule has 2 rings (SSSR count). The number of hydrogen-bond donors (Lipinski definition) is 2. The molecule has 3 N–H and O–H groups in total. The minimum Gasteiger partial charge on any atom is -0.444 e. The number of benzene rings is 1. The summed E-state index contributed by atoms with van der Waals surface area (Å²) in [5, 5.41) is 2.85. The van der Waals surface area contributed by atoms with Crippen molar-refractivity contribution >= 4 is 23.4 Å². The van der Waals surface area contributed by atoms with Crippen LogP contribution in [0.4, 0.5) is 4.79 Å². The molecule has 0 aromatic heterocycles. The smallest absolute Gasteiger partial charge is 0.407 e. The lowest BCUT2D eigenvalue weighted by atomic mass is 10.0. The number of aliphatic imine (C=N–C) groups is 1. The minimum absolute atomic E-state index is 0.0822. The molecular weight excluding hydrogens is 440 g/mol. The first kappa shape index (κ1) is 27.6. The molecule has 1 unspecified atom stereocenters. The normalized spacial score (nSPS) is 16.5. The van der Waals surface area contributed by atoms with Gasteiger partial charge in [0.15, 0.2) is 0 Å². The van der Waals surface area contributed by atoms with Crippen molar-refractivity contribution in [1.29, 1.82) is 0 Å². The van der Waals surface area contributed by atoms with Gasteiger partial charge in [-0.3, -0.25) is 4.79 Å². The van der Waals surface area contributed by atoms with E-state index in [4.69, 9.17) is 10.5 Å². The molecular formula is C28H38N4O3. The van der Waals surface area contributed by atoms with E-state index in [9.17, 15) is 9.59 Å². The van der Waals surface area contributed by atoms with Gasteiger partial charge in [-0.15, -0.1) is 0 Å². The van der Waals surface area contributed by atoms with Gasteiger partial charge in [-0.1, -0.05) is 36.9 Å². The first-order chi connectivity index (χ1) is 16.2. The van der Waals surface area contributed by atoms with Gasteiger partial charge in [0.2, 0.25) is 0 Å². The Hall–Kier alpha value is -3.61. The van der Waals surface area contributed by atoms with Gasteiger partial charge >= 0.3 is 6.09 Å². The van der Waals surface area contributed by atoms with Crippen LogP contribution in [0.15, 0.2) is 71.4 Å². The monoisotopic (exact) mass is 478 g/mol. The van der Waals surface area contributed by atoms with Gasteiger partial charge in [-0.2, -0.15) is 0 Å². The number of amidine groups is 1. The Labute approximate surface area is 209 Å². The van der Waals surface area contributed by atoms with E-state index < -0.39 is 11.7 Å². The van der Waals surface area contributed by atoms with Gasteiger partial charge in [0.25, 0.3) is 5.91 Å². The average Bonchev–Trinajstić information content (AvgIpc) is 3.19.